The van der Waals surface area contributed by atoms with E-state index in [1.165, 1.54) is 12.3 Å². The Labute approximate surface area is 226 Å². The zero-order chi connectivity index (χ0) is 27.8. The number of anilines is 1. The van der Waals surface area contributed by atoms with E-state index in [-0.39, 0.29) is 23.1 Å². The SMILES string of the molecule is CS(=O)(=O)c1ccc(-c2ccc3c(c2)[C@]2(CCO3)C[C@H]2C(=O)Nc2cc(C#N)ccc2CCCC(=O)O)nc1. The maximum atomic E-state index is 13.5. The van der Waals surface area contributed by atoms with Gasteiger partial charge in [0.05, 0.1) is 28.8 Å². The lowest BCUT2D eigenvalue weighted by atomic mass is 9.86. The number of nitriles is 1. The molecular weight excluding hydrogens is 518 g/mol. The van der Waals surface area contributed by atoms with E-state index in [1.54, 1.807) is 24.3 Å². The monoisotopic (exact) mass is 545 g/mol. The second-order valence-electron chi connectivity index (χ2n) is 10.1. The minimum Gasteiger partial charge on any atom is -0.493 e. The van der Waals surface area contributed by atoms with Crippen molar-refractivity contribution in [2.45, 2.75) is 42.4 Å². The number of hydrogen-bond acceptors (Lipinski definition) is 7. The van der Waals surface area contributed by atoms with E-state index in [2.05, 4.69) is 16.4 Å². The van der Waals surface area contributed by atoms with Gasteiger partial charge in [0.2, 0.25) is 5.91 Å². The zero-order valence-electron chi connectivity index (χ0n) is 21.3. The molecule has 2 N–H and O–H groups in total. The molecule has 1 aliphatic heterocycles. The minimum atomic E-state index is -3.36. The standard InChI is InChI=1S/C29H27N3O6S/c1-39(36,37)21-8-9-24(31-17-21)20-7-10-26-22(14-20)29(11-12-38-26)15-23(29)28(35)32-25-13-18(16-30)5-6-19(25)3-2-4-27(33)34/h5-10,13-14,17,23H,2-4,11-12,15H2,1H3,(H,32,35)(H,33,34)/t23-,29-/m0/s1. The number of hydrogen-bond donors (Lipinski definition) is 2. The highest BCUT2D eigenvalue weighted by atomic mass is 32.2. The average Bonchev–Trinajstić information content (AvgIpc) is 3.63. The molecule has 1 fully saturated rings. The van der Waals surface area contributed by atoms with Gasteiger partial charge in [0.1, 0.15) is 5.75 Å². The Morgan fingerprint density at radius 3 is 2.72 bits per heavy atom. The van der Waals surface area contributed by atoms with Crippen LogP contribution in [0.2, 0.25) is 0 Å². The lowest BCUT2D eigenvalue weighted by molar-refractivity contribution is -0.137. The first-order valence-electron chi connectivity index (χ1n) is 12.6. The van der Waals surface area contributed by atoms with Crippen LogP contribution in [0.15, 0.2) is 59.6 Å². The fourth-order valence-electron chi connectivity index (χ4n) is 5.31. The first kappa shape index (κ1) is 26.4. The van der Waals surface area contributed by atoms with Crippen molar-refractivity contribution < 1.29 is 27.9 Å². The molecule has 0 bridgehead atoms. The van der Waals surface area contributed by atoms with Crippen LogP contribution in [0.5, 0.6) is 5.75 Å². The molecule has 2 aliphatic rings. The summed E-state index contributed by atoms with van der Waals surface area (Å²) in [4.78, 5) is 28.9. The average molecular weight is 546 g/mol. The molecule has 3 aromatic rings. The molecule has 0 saturated heterocycles. The van der Waals surface area contributed by atoms with E-state index in [9.17, 15) is 23.3 Å². The van der Waals surface area contributed by atoms with Crippen molar-refractivity contribution in [3.8, 4) is 23.1 Å². The van der Waals surface area contributed by atoms with Crippen LogP contribution in [0.3, 0.4) is 0 Å². The highest BCUT2D eigenvalue weighted by Crippen LogP contribution is 2.61. The fraction of sp³-hybridized carbons (Fsp3) is 0.310. The third kappa shape index (κ3) is 5.36. The van der Waals surface area contributed by atoms with Crippen molar-refractivity contribution in [3.63, 3.8) is 0 Å². The molecule has 10 heteroatoms. The second kappa shape index (κ2) is 10.2. The molecule has 1 saturated carbocycles. The summed E-state index contributed by atoms with van der Waals surface area (Å²) in [6, 6.07) is 16.0. The number of rotatable bonds is 8. The van der Waals surface area contributed by atoms with Crippen LogP contribution in [0.25, 0.3) is 11.3 Å². The van der Waals surface area contributed by atoms with Crippen LogP contribution in [0.1, 0.15) is 42.4 Å². The van der Waals surface area contributed by atoms with Crippen LogP contribution in [0.4, 0.5) is 5.69 Å². The van der Waals surface area contributed by atoms with Crippen LogP contribution >= 0.6 is 0 Å². The van der Waals surface area contributed by atoms with Crippen molar-refractivity contribution in [2.75, 3.05) is 18.2 Å². The fourth-order valence-corrected chi connectivity index (χ4v) is 5.87. The summed E-state index contributed by atoms with van der Waals surface area (Å²) in [7, 11) is -3.36. The van der Waals surface area contributed by atoms with Gasteiger partial charge in [-0.1, -0.05) is 6.07 Å². The van der Waals surface area contributed by atoms with E-state index in [0.29, 0.717) is 55.0 Å². The smallest absolute Gasteiger partial charge is 0.303 e. The Hall–Kier alpha value is -4.23. The summed E-state index contributed by atoms with van der Waals surface area (Å²) < 4.78 is 29.5. The van der Waals surface area contributed by atoms with E-state index >= 15 is 0 Å². The van der Waals surface area contributed by atoms with E-state index in [0.717, 1.165) is 22.9 Å². The minimum absolute atomic E-state index is 0.0179. The molecule has 2 aromatic carbocycles. The number of carbonyl (C=O) groups is 2. The highest BCUT2D eigenvalue weighted by molar-refractivity contribution is 7.90. The lowest BCUT2D eigenvalue weighted by Crippen LogP contribution is -2.27. The largest absolute Gasteiger partial charge is 0.493 e. The van der Waals surface area contributed by atoms with Gasteiger partial charge in [-0.3, -0.25) is 14.6 Å². The molecule has 0 unspecified atom stereocenters. The molecule has 1 aromatic heterocycles. The number of carboxylic acid groups (broad SMARTS) is 1. The van der Waals surface area contributed by atoms with Gasteiger partial charge < -0.3 is 15.2 Å². The number of aliphatic carboxylic acids is 1. The lowest BCUT2D eigenvalue weighted by Gasteiger charge is -2.27. The van der Waals surface area contributed by atoms with Crippen LogP contribution in [0, 0.1) is 17.2 Å². The summed E-state index contributed by atoms with van der Waals surface area (Å²) in [6.45, 7) is 0.488. The number of nitrogens with zero attached hydrogens (tertiary/aromatic N) is 2. The normalized spacial score (nSPS) is 19.4. The zero-order valence-corrected chi connectivity index (χ0v) is 22.1. The maximum Gasteiger partial charge on any atom is 0.303 e. The van der Waals surface area contributed by atoms with Gasteiger partial charge in [-0.05, 0) is 73.7 Å². The number of carboxylic acids is 1. The van der Waals surface area contributed by atoms with Crippen LogP contribution < -0.4 is 10.1 Å². The molecule has 0 radical (unpaired) electrons. The molecule has 1 amide bonds. The topological polar surface area (TPSA) is 146 Å². The van der Waals surface area contributed by atoms with Crippen LogP contribution in [-0.2, 0) is 31.3 Å². The van der Waals surface area contributed by atoms with E-state index < -0.39 is 21.2 Å². The van der Waals surface area contributed by atoms with Gasteiger partial charge >= 0.3 is 5.97 Å². The van der Waals surface area contributed by atoms with Crippen molar-refractivity contribution >= 4 is 27.4 Å². The Morgan fingerprint density at radius 1 is 1.21 bits per heavy atom. The Balaban J connectivity index is 1.39. The van der Waals surface area contributed by atoms with Crippen molar-refractivity contribution in [2.24, 2.45) is 5.92 Å². The van der Waals surface area contributed by atoms with Crippen molar-refractivity contribution in [1.29, 1.82) is 5.26 Å². The first-order chi connectivity index (χ1) is 18.6. The van der Waals surface area contributed by atoms with Gasteiger partial charge in [0.25, 0.3) is 0 Å². The molecule has 1 aliphatic carbocycles. The molecule has 2 atom stereocenters. The number of carbonyl (C=O) groups excluding carboxylic acids is 1. The maximum absolute atomic E-state index is 13.5. The van der Waals surface area contributed by atoms with Crippen molar-refractivity contribution in [3.05, 3.63) is 71.4 Å². The first-order valence-corrected chi connectivity index (χ1v) is 14.5. The Morgan fingerprint density at radius 2 is 2.03 bits per heavy atom. The highest BCUT2D eigenvalue weighted by Gasteiger charge is 2.61. The summed E-state index contributed by atoms with van der Waals surface area (Å²) in [6.07, 6.45) is 4.70. The summed E-state index contributed by atoms with van der Waals surface area (Å²) in [5, 5.41) is 21.3. The second-order valence-corrected chi connectivity index (χ2v) is 12.1. The number of nitrogens with one attached hydrogen (secondary N) is 1. The Kier molecular flexibility index (Phi) is 6.87. The number of pyridine rings is 1. The number of fused-ring (bicyclic) bond motifs is 2. The number of aryl methyl sites for hydroxylation is 1. The predicted octanol–water partition coefficient (Wildman–Crippen LogP) is 4.11. The number of ether oxygens (including phenoxy) is 1. The summed E-state index contributed by atoms with van der Waals surface area (Å²) >= 11 is 0. The third-order valence-corrected chi connectivity index (χ3v) is 8.61. The number of aromatic nitrogens is 1. The van der Waals surface area contributed by atoms with E-state index in [1.807, 2.05) is 18.2 Å². The summed E-state index contributed by atoms with van der Waals surface area (Å²) in [5.41, 5.74) is 3.68. The predicted molar refractivity (Wildman–Crippen MR) is 143 cm³/mol. The third-order valence-electron chi connectivity index (χ3n) is 7.51. The van der Waals surface area contributed by atoms with Gasteiger partial charge in [-0.25, -0.2) is 8.42 Å². The van der Waals surface area contributed by atoms with Gasteiger partial charge in [0.15, 0.2) is 9.84 Å². The molecule has 2 heterocycles. The van der Waals surface area contributed by atoms with Gasteiger partial charge in [0, 0.05) is 47.0 Å². The molecule has 5 rings (SSSR count). The van der Waals surface area contributed by atoms with E-state index in [4.69, 9.17) is 9.84 Å². The van der Waals surface area contributed by atoms with Crippen molar-refractivity contribution in [1.82, 2.24) is 4.98 Å². The Bertz CT molecular complexity index is 1610. The number of amides is 1. The molecular formula is C29H27N3O6S. The van der Waals surface area contributed by atoms with Gasteiger partial charge in [-0.15, -0.1) is 0 Å². The van der Waals surface area contributed by atoms with Gasteiger partial charge in [-0.2, -0.15) is 5.26 Å². The van der Waals surface area contributed by atoms with Crippen LogP contribution in [-0.4, -0.2) is 43.2 Å². The number of benzene rings is 2. The molecule has 200 valence electrons. The quantitative estimate of drug-likeness (QED) is 0.430. The summed E-state index contributed by atoms with van der Waals surface area (Å²) in [5.74, 6) is -0.617. The number of sulfone groups is 1. The molecule has 1 spiro atoms. The molecule has 9 nitrogen and oxygen atoms in total. The molecule has 39 heavy (non-hydrogen) atoms.